The molecule has 7 heteroatoms. The van der Waals surface area contributed by atoms with Crippen molar-refractivity contribution in [3.8, 4) is 11.3 Å². The van der Waals surface area contributed by atoms with Gasteiger partial charge in [0.15, 0.2) is 0 Å². The average molecular weight is 322 g/mol. The third-order valence-corrected chi connectivity index (χ3v) is 4.35. The van der Waals surface area contributed by atoms with Crippen molar-refractivity contribution in [1.29, 1.82) is 0 Å². The molecular formula is C17H18N6O. The van der Waals surface area contributed by atoms with Gasteiger partial charge in [0.2, 0.25) is 5.91 Å². The molecule has 0 bridgehead atoms. The predicted octanol–water partition coefficient (Wildman–Crippen LogP) is 1.46. The fourth-order valence-corrected chi connectivity index (χ4v) is 3.03. The lowest BCUT2D eigenvalue weighted by Gasteiger charge is -2.35. The van der Waals surface area contributed by atoms with Crippen LogP contribution >= 0.6 is 0 Å². The summed E-state index contributed by atoms with van der Waals surface area (Å²) in [6.45, 7) is 4.59. The van der Waals surface area contributed by atoms with E-state index in [0.717, 1.165) is 30.2 Å². The molecule has 1 aromatic carbocycles. The lowest BCUT2D eigenvalue weighted by Crippen LogP contribution is -2.48. The molecule has 2 aromatic heterocycles. The molecule has 0 aliphatic carbocycles. The number of carbonyl (C=O) groups excluding carboxylic acids is 1. The van der Waals surface area contributed by atoms with Crippen LogP contribution in [-0.4, -0.2) is 56.6 Å². The van der Waals surface area contributed by atoms with Crippen molar-refractivity contribution in [2.75, 3.05) is 31.1 Å². The monoisotopic (exact) mass is 322 g/mol. The second-order valence-electron chi connectivity index (χ2n) is 5.83. The molecule has 0 radical (unpaired) electrons. The van der Waals surface area contributed by atoms with E-state index in [4.69, 9.17) is 0 Å². The zero-order valence-electron chi connectivity index (χ0n) is 13.5. The van der Waals surface area contributed by atoms with Crippen molar-refractivity contribution in [1.82, 2.24) is 24.5 Å². The molecule has 1 fully saturated rings. The first-order valence-electron chi connectivity index (χ1n) is 7.99. The molecule has 7 nitrogen and oxygen atoms in total. The van der Waals surface area contributed by atoms with Gasteiger partial charge in [0.1, 0.15) is 12.1 Å². The van der Waals surface area contributed by atoms with Crippen LogP contribution < -0.4 is 4.90 Å². The van der Waals surface area contributed by atoms with Crippen molar-refractivity contribution < 1.29 is 4.79 Å². The third-order valence-electron chi connectivity index (χ3n) is 4.35. The third kappa shape index (κ3) is 2.58. The fourth-order valence-electron chi connectivity index (χ4n) is 3.03. The molecule has 3 heterocycles. The maximum Gasteiger partial charge on any atom is 0.254 e. The number of nitrogens with zero attached hydrogens (tertiary/aromatic N) is 6. The minimum atomic E-state index is 0.125. The van der Waals surface area contributed by atoms with Crippen molar-refractivity contribution in [3.63, 3.8) is 0 Å². The molecule has 1 saturated heterocycles. The number of hydrogen-bond acceptors (Lipinski definition) is 5. The van der Waals surface area contributed by atoms with E-state index < -0.39 is 0 Å². The Morgan fingerprint density at radius 2 is 1.83 bits per heavy atom. The molecule has 24 heavy (non-hydrogen) atoms. The second-order valence-corrected chi connectivity index (χ2v) is 5.83. The summed E-state index contributed by atoms with van der Waals surface area (Å²) in [5, 5.41) is 4.30. The zero-order chi connectivity index (χ0) is 16.5. The first kappa shape index (κ1) is 14.6. The molecule has 0 unspecified atom stereocenters. The topological polar surface area (TPSA) is 66.6 Å². The van der Waals surface area contributed by atoms with Gasteiger partial charge in [0, 0.05) is 44.7 Å². The summed E-state index contributed by atoms with van der Waals surface area (Å²) in [5.41, 5.74) is 1.92. The lowest BCUT2D eigenvalue weighted by atomic mass is 10.1. The van der Waals surface area contributed by atoms with E-state index >= 15 is 0 Å². The highest BCUT2D eigenvalue weighted by atomic mass is 16.2. The van der Waals surface area contributed by atoms with Gasteiger partial charge in [-0.05, 0) is 0 Å². The van der Waals surface area contributed by atoms with Gasteiger partial charge in [-0.3, -0.25) is 4.79 Å². The Hall–Kier alpha value is -2.96. The fraction of sp³-hybridized carbons (Fsp3) is 0.294. The second kappa shape index (κ2) is 5.92. The highest BCUT2D eigenvalue weighted by molar-refractivity contribution is 5.73. The summed E-state index contributed by atoms with van der Waals surface area (Å²) in [7, 11) is 0. The summed E-state index contributed by atoms with van der Waals surface area (Å²) in [4.78, 5) is 24.5. The van der Waals surface area contributed by atoms with Crippen LogP contribution in [0.25, 0.3) is 17.0 Å². The molecule has 1 amide bonds. The maximum atomic E-state index is 11.5. The predicted molar refractivity (Wildman–Crippen MR) is 90.7 cm³/mol. The van der Waals surface area contributed by atoms with Crippen LogP contribution in [0.1, 0.15) is 6.92 Å². The van der Waals surface area contributed by atoms with Gasteiger partial charge < -0.3 is 9.80 Å². The summed E-state index contributed by atoms with van der Waals surface area (Å²) in [6.07, 6.45) is 1.52. The summed E-state index contributed by atoms with van der Waals surface area (Å²) >= 11 is 0. The quantitative estimate of drug-likeness (QED) is 0.714. The van der Waals surface area contributed by atoms with E-state index in [1.54, 1.807) is 11.4 Å². The molecule has 4 rings (SSSR count). The van der Waals surface area contributed by atoms with E-state index in [1.165, 1.54) is 6.33 Å². The number of fused-ring (bicyclic) bond motifs is 1. The Kier molecular flexibility index (Phi) is 3.60. The highest BCUT2D eigenvalue weighted by Gasteiger charge is 2.22. The number of aromatic nitrogens is 4. The van der Waals surface area contributed by atoms with Gasteiger partial charge in [0.05, 0.1) is 5.69 Å². The Morgan fingerprint density at radius 3 is 2.54 bits per heavy atom. The minimum absolute atomic E-state index is 0.125. The van der Waals surface area contributed by atoms with Gasteiger partial charge in [-0.1, -0.05) is 30.3 Å². The van der Waals surface area contributed by atoms with Crippen molar-refractivity contribution in [2.45, 2.75) is 6.92 Å². The lowest BCUT2D eigenvalue weighted by molar-refractivity contribution is -0.129. The van der Waals surface area contributed by atoms with Gasteiger partial charge >= 0.3 is 0 Å². The van der Waals surface area contributed by atoms with E-state index in [-0.39, 0.29) is 5.91 Å². The molecule has 0 spiro atoms. The van der Waals surface area contributed by atoms with Gasteiger partial charge in [-0.25, -0.2) is 4.98 Å². The summed E-state index contributed by atoms with van der Waals surface area (Å²) in [6, 6.07) is 12.1. The zero-order valence-corrected chi connectivity index (χ0v) is 13.5. The van der Waals surface area contributed by atoms with Gasteiger partial charge in [0.25, 0.3) is 5.78 Å². The first-order chi connectivity index (χ1) is 11.7. The minimum Gasteiger partial charge on any atom is -0.353 e. The van der Waals surface area contributed by atoms with E-state index in [2.05, 4.69) is 20.0 Å². The number of amides is 1. The summed E-state index contributed by atoms with van der Waals surface area (Å²) in [5.74, 6) is 1.67. The molecule has 0 atom stereocenters. The Bertz CT molecular complexity index is 867. The van der Waals surface area contributed by atoms with Crippen molar-refractivity contribution in [3.05, 3.63) is 42.7 Å². The van der Waals surface area contributed by atoms with E-state index in [1.807, 2.05) is 41.3 Å². The molecule has 122 valence electrons. The number of benzene rings is 1. The van der Waals surface area contributed by atoms with Gasteiger partial charge in [-0.15, -0.1) is 0 Å². The molecule has 1 aliphatic heterocycles. The van der Waals surface area contributed by atoms with Crippen LogP contribution in [0, 0.1) is 0 Å². The normalized spacial score (nSPS) is 15.0. The molecule has 3 aromatic rings. The molecular weight excluding hydrogens is 304 g/mol. The van der Waals surface area contributed by atoms with E-state index in [9.17, 15) is 4.79 Å². The Labute approximate surface area is 139 Å². The maximum absolute atomic E-state index is 11.5. The largest absolute Gasteiger partial charge is 0.353 e. The molecule has 0 saturated carbocycles. The number of piperazine rings is 1. The Morgan fingerprint density at radius 1 is 1.08 bits per heavy atom. The first-order valence-corrected chi connectivity index (χ1v) is 7.99. The van der Waals surface area contributed by atoms with Crippen LogP contribution in [0.2, 0.25) is 0 Å². The van der Waals surface area contributed by atoms with Crippen molar-refractivity contribution in [2.24, 2.45) is 0 Å². The average Bonchev–Trinajstić information content (AvgIpc) is 3.10. The highest BCUT2D eigenvalue weighted by Crippen LogP contribution is 2.24. The van der Waals surface area contributed by atoms with Crippen LogP contribution in [0.15, 0.2) is 42.7 Å². The van der Waals surface area contributed by atoms with Crippen LogP contribution in [0.4, 0.5) is 5.82 Å². The van der Waals surface area contributed by atoms with Gasteiger partial charge in [-0.2, -0.15) is 14.6 Å². The SMILES string of the molecule is CC(=O)N1CCN(c2cc(-c3ccccc3)nc3ncnn23)CC1. The number of anilines is 1. The van der Waals surface area contributed by atoms with E-state index in [0.29, 0.717) is 18.9 Å². The van der Waals surface area contributed by atoms with Crippen molar-refractivity contribution >= 4 is 17.5 Å². The number of hydrogen-bond donors (Lipinski definition) is 0. The number of rotatable bonds is 2. The Balaban J connectivity index is 1.72. The molecule has 0 N–H and O–H groups in total. The standard InChI is InChI=1S/C17H18N6O/c1-13(24)21-7-9-22(10-8-21)16-11-15(14-5-3-2-4-6-14)20-17-18-12-19-23(16)17/h2-6,11-12H,7-10H2,1H3. The summed E-state index contributed by atoms with van der Waals surface area (Å²) < 4.78 is 1.76. The molecule has 1 aliphatic rings. The van der Waals surface area contributed by atoms with Crippen LogP contribution in [-0.2, 0) is 4.79 Å². The van der Waals surface area contributed by atoms with Crippen LogP contribution in [0.3, 0.4) is 0 Å². The van der Waals surface area contributed by atoms with Crippen LogP contribution in [0.5, 0.6) is 0 Å². The smallest absolute Gasteiger partial charge is 0.254 e. The number of carbonyl (C=O) groups is 1.